The van der Waals surface area contributed by atoms with Gasteiger partial charge < -0.3 is 10.7 Å². The molecular formula is C8H12NO-. The predicted molar refractivity (Wildman–Crippen MR) is 42.4 cm³/mol. The Labute approximate surface area is 61.2 Å². The molecule has 2 nitrogen and oxygen atoms in total. The van der Waals surface area contributed by atoms with Crippen LogP contribution in [0.3, 0.4) is 0 Å². The SMILES string of the molecule is CC1=CCC(C)(N[O-])C=C1. The topological polar surface area (TPSA) is 35.1 Å². The molecule has 0 spiro atoms. The molecule has 0 fully saturated rings. The zero-order valence-electron chi connectivity index (χ0n) is 6.35. The predicted octanol–water partition coefficient (Wildman–Crippen LogP) is 1.74. The average Bonchev–Trinajstić information content (AvgIpc) is 1.96. The molecule has 0 aromatic carbocycles. The highest BCUT2D eigenvalue weighted by molar-refractivity contribution is 5.26. The van der Waals surface area contributed by atoms with Gasteiger partial charge in [0.05, 0.1) is 0 Å². The quantitative estimate of drug-likeness (QED) is 0.560. The number of hydrogen-bond donors (Lipinski definition) is 1. The van der Waals surface area contributed by atoms with Crippen molar-refractivity contribution >= 4 is 0 Å². The maximum absolute atomic E-state index is 10.4. The average molecular weight is 138 g/mol. The Morgan fingerprint density at radius 2 is 2.40 bits per heavy atom. The zero-order valence-corrected chi connectivity index (χ0v) is 6.35. The highest BCUT2D eigenvalue weighted by atomic mass is 16.5. The summed E-state index contributed by atoms with van der Waals surface area (Å²) >= 11 is 0. The van der Waals surface area contributed by atoms with E-state index in [2.05, 4.69) is 6.08 Å². The smallest absolute Gasteiger partial charge is 0.0260 e. The Hall–Kier alpha value is -0.600. The van der Waals surface area contributed by atoms with Gasteiger partial charge in [0.15, 0.2) is 0 Å². The fourth-order valence-electron chi connectivity index (χ4n) is 0.900. The molecule has 2 heteroatoms. The molecule has 0 saturated carbocycles. The number of hydrogen-bond acceptors (Lipinski definition) is 2. The molecule has 1 rings (SSSR count). The first-order valence-electron chi connectivity index (χ1n) is 3.42. The van der Waals surface area contributed by atoms with E-state index in [1.165, 1.54) is 5.57 Å². The van der Waals surface area contributed by atoms with Gasteiger partial charge in [-0.15, -0.1) is 0 Å². The van der Waals surface area contributed by atoms with Crippen molar-refractivity contribution in [3.8, 4) is 0 Å². The second-order valence-corrected chi connectivity index (χ2v) is 3.01. The van der Waals surface area contributed by atoms with Gasteiger partial charge in [-0.1, -0.05) is 23.8 Å². The van der Waals surface area contributed by atoms with Crippen LogP contribution in [-0.2, 0) is 0 Å². The van der Waals surface area contributed by atoms with E-state index in [1.807, 2.05) is 31.5 Å². The van der Waals surface area contributed by atoms with Gasteiger partial charge in [-0.3, -0.25) is 0 Å². The minimum absolute atomic E-state index is 0.362. The molecular weight excluding hydrogens is 126 g/mol. The van der Waals surface area contributed by atoms with Gasteiger partial charge in [0, 0.05) is 5.54 Å². The number of nitrogens with one attached hydrogen (secondary N) is 1. The third-order valence-corrected chi connectivity index (χ3v) is 1.80. The lowest BCUT2D eigenvalue weighted by molar-refractivity contribution is 0.502. The Bertz CT molecular complexity index is 184. The highest BCUT2D eigenvalue weighted by Gasteiger charge is 2.15. The molecule has 0 saturated heterocycles. The Balaban J connectivity index is 2.67. The van der Waals surface area contributed by atoms with Crippen LogP contribution in [0.2, 0.25) is 0 Å². The minimum atomic E-state index is -0.362. The summed E-state index contributed by atoms with van der Waals surface area (Å²) in [6.07, 6.45) is 6.73. The number of allylic oxidation sites excluding steroid dienone is 2. The molecule has 0 heterocycles. The van der Waals surface area contributed by atoms with E-state index in [0.717, 1.165) is 6.42 Å². The molecule has 0 aliphatic heterocycles. The summed E-state index contributed by atoms with van der Waals surface area (Å²) in [5.74, 6) is 0. The maximum Gasteiger partial charge on any atom is 0.0260 e. The molecule has 1 N–H and O–H groups in total. The van der Waals surface area contributed by atoms with E-state index in [0.29, 0.717) is 0 Å². The standard InChI is InChI=1S/C8H12NO/c1-7-3-5-8(2,9-10)6-4-7/h3-5,9H,6H2,1-2H3/q-1. The van der Waals surface area contributed by atoms with Crippen LogP contribution in [0, 0.1) is 5.21 Å². The fourth-order valence-corrected chi connectivity index (χ4v) is 0.900. The molecule has 1 aliphatic carbocycles. The zero-order chi connectivity index (χ0) is 7.61. The summed E-state index contributed by atoms with van der Waals surface area (Å²) in [6.45, 7) is 3.92. The summed E-state index contributed by atoms with van der Waals surface area (Å²) in [4.78, 5) is 0. The van der Waals surface area contributed by atoms with Gasteiger partial charge in [0.2, 0.25) is 0 Å². The van der Waals surface area contributed by atoms with E-state index in [4.69, 9.17) is 0 Å². The van der Waals surface area contributed by atoms with E-state index in [9.17, 15) is 5.21 Å². The minimum Gasteiger partial charge on any atom is -0.787 e. The molecule has 1 atom stereocenters. The van der Waals surface area contributed by atoms with Crippen molar-refractivity contribution in [1.82, 2.24) is 5.48 Å². The molecule has 0 amide bonds. The lowest BCUT2D eigenvalue weighted by Gasteiger charge is -2.32. The van der Waals surface area contributed by atoms with Crippen LogP contribution in [0.1, 0.15) is 20.3 Å². The molecule has 1 unspecified atom stereocenters. The normalized spacial score (nSPS) is 32.1. The van der Waals surface area contributed by atoms with Gasteiger partial charge in [-0.25, -0.2) is 0 Å². The van der Waals surface area contributed by atoms with Crippen molar-refractivity contribution in [3.05, 3.63) is 29.0 Å². The lowest BCUT2D eigenvalue weighted by Crippen LogP contribution is -2.36. The molecule has 0 aromatic rings. The van der Waals surface area contributed by atoms with E-state index in [-0.39, 0.29) is 5.54 Å². The van der Waals surface area contributed by atoms with Crippen molar-refractivity contribution in [1.29, 1.82) is 0 Å². The van der Waals surface area contributed by atoms with Gasteiger partial charge in [-0.05, 0) is 20.3 Å². The summed E-state index contributed by atoms with van der Waals surface area (Å²) in [5, 5.41) is 10.4. The summed E-state index contributed by atoms with van der Waals surface area (Å²) < 4.78 is 0. The van der Waals surface area contributed by atoms with E-state index in [1.54, 1.807) is 0 Å². The highest BCUT2D eigenvalue weighted by Crippen LogP contribution is 2.19. The van der Waals surface area contributed by atoms with Gasteiger partial charge in [0.25, 0.3) is 0 Å². The second kappa shape index (κ2) is 2.56. The monoisotopic (exact) mass is 138 g/mol. The van der Waals surface area contributed by atoms with Crippen molar-refractivity contribution in [3.63, 3.8) is 0 Å². The van der Waals surface area contributed by atoms with Crippen molar-refractivity contribution < 1.29 is 0 Å². The van der Waals surface area contributed by atoms with Crippen LogP contribution >= 0.6 is 0 Å². The van der Waals surface area contributed by atoms with Crippen LogP contribution in [0.5, 0.6) is 0 Å². The largest absolute Gasteiger partial charge is 0.787 e. The molecule has 0 aromatic heterocycles. The number of hydroxylamine groups is 1. The van der Waals surface area contributed by atoms with E-state index >= 15 is 0 Å². The third-order valence-electron chi connectivity index (χ3n) is 1.80. The first-order chi connectivity index (χ1) is 4.66. The van der Waals surface area contributed by atoms with Crippen LogP contribution < -0.4 is 5.48 Å². The van der Waals surface area contributed by atoms with Crippen molar-refractivity contribution in [2.45, 2.75) is 25.8 Å². The van der Waals surface area contributed by atoms with Crippen LogP contribution in [0.4, 0.5) is 0 Å². The second-order valence-electron chi connectivity index (χ2n) is 3.01. The summed E-state index contributed by atoms with van der Waals surface area (Å²) in [5.41, 5.74) is 2.89. The molecule has 1 aliphatic rings. The first-order valence-corrected chi connectivity index (χ1v) is 3.42. The maximum atomic E-state index is 10.4. The first kappa shape index (κ1) is 7.51. The molecule has 10 heavy (non-hydrogen) atoms. The third kappa shape index (κ3) is 1.46. The fraction of sp³-hybridized carbons (Fsp3) is 0.500. The van der Waals surface area contributed by atoms with E-state index < -0.39 is 0 Å². The Morgan fingerprint density at radius 3 is 2.80 bits per heavy atom. The molecule has 0 radical (unpaired) electrons. The summed E-state index contributed by atoms with van der Waals surface area (Å²) in [6, 6.07) is 0. The number of rotatable bonds is 1. The Morgan fingerprint density at radius 1 is 1.70 bits per heavy atom. The summed E-state index contributed by atoms with van der Waals surface area (Å²) in [7, 11) is 0. The Kier molecular flexibility index (Phi) is 1.92. The lowest BCUT2D eigenvalue weighted by atomic mass is 9.92. The van der Waals surface area contributed by atoms with Crippen LogP contribution in [0.15, 0.2) is 23.8 Å². The van der Waals surface area contributed by atoms with Crippen molar-refractivity contribution in [2.75, 3.05) is 0 Å². The molecule has 56 valence electrons. The van der Waals surface area contributed by atoms with Crippen molar-refractivity contribution in [2.24, 2.45) is 0 Å². The molecule has 0 bridgehead atoms. The van der Waals surface area contributed by atoms with Gasteiger partial charge in [-0.2, -0.15) is 0 Å². The van der Waals surface area contributed by atoms with Gasteiger partial charge >= 0.3 is 0 Å². The van der Waals surface area contributed by atoms with Gasteiger partial charge in [0.1, 0.15) is 0 Å². The van der Waals surface area contributed by atoms with Crippen LogP contribution in [0.25, 0.3) is 0 Å². The van der Waals surface area contributed by atoms with Crippen LogP contribution in [-0.4, -0.2) is 5.54 Å².